The lowest BCUT2D eigenvalue weighted by Gasteiger charge is -2.26. The van der Waals surface area contributed by atoms with Crippen LogP contribution in [0.15, 0.2) is 18.5 Å². The molecule has 0 spiro atoms. The Morgan fingerprint density at radius 2 is 1.85 bits per heavy atom. The molecule has 20 heavy (non-hydrogen) atoms. The van der Waals surface area contributed by atoms with Crippen LogP contribution in [-0.4, -0.2) is 52.7 Å². The van der Waals surface area contributed by atoms with Gasteiger partial charge >= 0.3 is 6.09 Å². The zero-order valence-electron chi connectivity index (χ0n) is 12.4. The van der Waals surface area contributed by atoms with Crippen molar-refractivity contribution in [2.24, 2.45) is 0 Å². The van der Waals surface area contributed by atoms with Gasteiger partial charge in [0.1, 0.15) is 5.60 Å². The maximum absolute atomic E-state index is 12.1. The summed E-state index contributed by atoms with van der Waals surface area (Å²) in [7, 11) is 0. The van der Waals surface area contributed by atoms with E-state index in [-0.39, 0.29) is 6.09 Å². The molecule has 0 atom stereocenters. The van der Waals surface area contributed by atoms with Crippen molar-refractivity contribution in [3.8, 4) is 0 Å². The van der Waals surface area contributed by atoms with Crippen molar-refractivity contribution in [2.45, 2.75) is 32.8 Å². The van der Waals surface area contributed by atoms with Crippen LogP contribution in [0.25, 0.3) is 0 Å². The van der Waals surface area contributed by atoms with Gasteiger partial charge in [0.2, 0.25) is 5.95 Å². The fraction of sp³-hybridized carbons (Fsp3) is 0.643. The summed E-state index contributed by atoms with van der Waals surface area (Å²) < 4.78 is 5.41. The Bertz CT molecular complexity index is 444. The van der Waals surface area contributed by atoms with Gasteiger partial charge in [0.15, 0.2) is 0 Å². The molecule has 110 valence electrons. The molecule has 1 aromatic heterocycles. The van der Waals surface area contributed by atoms with Crippen molar-refractivity contribution >= 4 is 12.0 Å². The number of anilines is 1. The summed E-state index contributed by atoms with van der Waals surface area (Å²) in [5, 5.41) is 0. The highest BCUT2D eigenvalue weighted by atomic mass is 16.6. The van der Waals surface area contributed by atoms with Crippen LogP contribution in [0, 0.1) is 0 Å². The number of amides is 1. The Morgan fingerprint density at radius 1 is 1.15 bits per heavy atom. The van der Waals surface area contributed by atoms with Crippen molar-refractivity contribution in [2.75, 3.05) is 31.1 Å². The summed E-state index contributed by atoms with van der Waals surface area (Å²) in [5.74, 6) is 0.721. The number of nitrogens with zero attached hydrogens (tertiary/aromatic N) is 4. The Balaban J connectivity index is 1.94. The number of aromatic nitrogens is 2. The molecular formula is C14H22N4O2. The van der Waals surface area contributed by atoms with Crippen LogP contribution >= 0.6 is 0 Å². The normalized spacial score (nSPS) is 16.8. The second kappa shape index (κ2) is 6.07. The van der Waals surface area contributed by atoms with E-state index < -0.39 is 5.60 Å². The molecular weight excluding hydrogens is 256 g/mol. The quantitative estimate of drug-likeness (QED) is 0.785. The number of rotatable bonds is 1. The molecule has 0 aromatic carbocycles. The van der Waals surface area contributed by atoms with Crippen LogP contribution < -0.4 is 4.90 Å². The fourth-order valence-corrected chi connectivity index (χ4v) is 2.08. The summed E-state index contributed by atoms with van der Waals surface area (Å²) in [6.07, 6.45) is 4.11. The number of carbonyl (C=O) groups excluding carboxylic acids is 1. The van der Waals surface area contributed by atoms with E-state index in [1.807, 2.05) is 20.8 Å². The molecule has 0 aliphatic carbocycles. The Hall–Kier alpha value is -1.85. The van der Waals surface area contributed by atoms with E-state index in [1.165, 1.54) is 0 Å². The van der Waals surface area contributed by atoms with Crippen LogP contribution in [-0.2, 0) is 4.74 Å². The van der Waals surface area contributed by atoms with Crippen molar-refractivity contribution in [1.29, 1.82) is 0 Å². The lowest BCUT2D eigenvalue weighted by molar-refractivity contribution is 0.0263. The molecule has 0 unspecified atom stereocenters. The standard InChI is InChI=1S/C14H22N4O2/c1-14(2,3)20-13(19)18-9-5-8-17(10-11-18)12-15-6-4-7-16-12/h4,6-7H,5,8-11H2,1-3H3. The molecule has 1 fully saturated rings. The molecule has 0 N–H and O–H groups in total. The van der Waals surface area contributed by atoms with E-state index in [0.29, 0.717) is 13.1 Å². The monoisotopic (exact) mass is 278 g/mol. The predicted molar refractivity (Wildman–Crippen MR) is 76.7 cm³/mol. The van der Waals surface area contributed by atoms with Crippen molar-refractivity contribution in [1.82, 2.24) is 14.9 Å². The first-order valence-corrected chi connectivity index (χ1v) is 6.95. The van der Waals surface area contributed by atoms with Crippen LogP contribution in [0.2, 0.25) is 0 Å². The minimum atomic E-state index is -0.453. The summed E-state index contributed by atoms with van der Waals surface area (Å²) in [5.41, 5.74) is -0.453. The van der Waals surface area contributed by atoms with Gasteiger partial charge in [-0.05, 0) is 33.3 Å². The Kier molecular flexibility index (Phi) is 4.42. The molecule has 2 rings (SSSR count). The third-order valence-corrected chi connectivity index (χ3v) is 2.98. The zero-order chi connectivity index (χ0) is 14.6. The maximum Gasteiger partial charge on any atom is 0.410 e. The molecule has 1 saturated heterocycles. The predicted octanol–water partition coefficient (Wildman–Crippen LogP) is 1.92. The minimum absolute atomic E-state index is 0.242. The first-order chi connectivity index (χ1) is 9.46. The van der Waals surface area contributed by atoms with Crippen LogP contribution in [0.5, 0.6) is 0 Å². The second-order valence-corrected chi connectivity index (χ2v) is 5.86. The first kappa shape index (κ1) is 14.6. The van der Waals surface area contributed by atoms with Gasteiger partial charge in [0, 0.05) is 38.6 Å². The summed E-state index contributed by atoms with van der Waals surface area (Å²) in [6, 6.07) is 1.80. The molecule has 1 aliphatic heterocycles. The summed E-state index contributed by atoms with van der Waals surface area (Å²) in [4.78, 5) is 24.4. The molecule has 1 aromatic rings. The van der Waals surface area contributed by atoms with E-state index in [0.717, 1.165) is 25.5 Å². The number of hydrogen-bond donors (Lipinski definition) is 0. The van der Waals surface area contributed by atoms with Crippen LogP contribution in [0.3, 0.4) is 0 Å². The molecule has 6 nitrogen and oxygen atoms in total. The van der Waals surface area contributed by atoms with Crippen LogP contribution in [0.1, 0.15) is 27.2 Å². The maximum atomic E-state index is 12.1. The highest BCUT2D eigenvalue weighted by Crippen LogP contribution is 2.14. The lowest BCUT2D eigenvalue weighted by atomic mass is 10.2. The van der Waals surface area contributed by atoms with E-state index in [1.54, 1.807) is 23.4 Å². The minimum Gasteiger partial charge on any atom is -0.444 e. The van der Waals surface area contributed by atoms with E-state index in [4.69, 9.17) is 4.74 Å². The van der Waals surface area contributed by atoms with E-state index in [9.17, 15) is 4.79 Å². The topological polar surface area (TPSA) is 58.6 Å². The zero-order valence-corrected chi connectivity index (χ0v) is 12.4. The molecule has 0 radical (unpaired) electrons. The molecule has 1 amide bonds. The molecule has 1 aliphatic rings. The van der Waals surface area contributed by atoms with Crippen LogP contribution in [0.4, 0.5) is 10.7 Å². The summed E-state index contributed by atoms with van der Waals surface area (Å²) >= 11 is 0. The molecule has 0 bridgehead atoms. The average Bonchev–Trinajstić information content (AvgIpc) is 2.63. The van der Waals surface area contributed by atoms with Gasteiger partial charge in [-0.3, -0.25) is 0 Å². The molecule has 0 saturated carbocycles. The van der Waals surface area contributed by atoms with Gasteiger partial charge in [0.05, 0.1) is 0 Å². The van der Waals surface area contributed by atoms with Crippen molar-refractivity contribution in [3.63, 3.8) is 0 Å². The largest absolute Gasteiger partial charge is 0.444 e. The lowest BCUT2D eigenvalue weighted by Crippen LogP contribution is -2.39. The van der Waals surface area contributed by atoms with Crippen molar-refractivity contribution in [3.05, 3.63) is 18.5 Å². The number of ether oxygens (including phenoxy) is 1. The van der Waals surface area contributed by atoms with Gasteiger partial charge in [-0.25, -0.2) is 14.8 Å². The fourth-order valence-electron chi connectivity index (χ4n) is 2.08. The smallest absolute Gasteiger partial charge is 0.410 e. The van der Waals surface area contributed by atoms with Gasteiger partial charge in [-0.15, -0.1) is 0 Å². The highest BCUT2D eigenvalue weighted by molar-refractivity contribution is 5.68. The third-order valence-electron chi connectivity index (χ3n) is 2.98. The van der Waals surface area contributed by atoms with Crippen molar-refractivity contribution < 1.29 is 9.53 Å². The van der Waals surface area contributed by atoms with Gasteiger partial charge in [0.25, 0.3) is 0 Å². The summed E-state index contributed by atoms with van der Waals surface area (Å²) in [6.45, 7) is 8.56. The van der Waals surface area contributed by atoms with Gasteiger partial charge in [-0.2, -0.15) is 0 Å². The third kappa shape index (κ3) is 4.08. The molecule has 2 heterocycles. The second-order valence-electron chi connectivity index (χ2n) is 5.86. The Morgan fingerprint density at radius 3 is 2.50 bits per heavy atom. The number of hydrogen-bond acceptors (Lipinski definition) is 5. The van der Waals surface area contributed by atoms with E-state index >= 15 is 0 Å². The average molecular weight is 278 g/mol. The van der Waals surface area contributed by atoms with Gasteiger partial charge in [-0.1, -0.05) is 0 Å². The highest BCUT2D eigenvalue weighted by Gasteiger charge is 2.24. The first-order valence-electron chi connectivity index (χ1n) is 6.95. The SMILES string of the molecule is CC(C)(C)OC(=O)N1CCCN(c2ncccn2)CC1. The van der Waals surface area contributed by atoms with Gasteiger partial charge < -0.3 is 14.5 Å². The molecule has 6 heteroatoms. The van der Waals surface area contributed by atoms with E-state index in [2.05, 4.69) is 14.9 Å². The Labute approximate surface area is 119 Å². The number of carbonyl (C=O) groups is 1.